The van der Waals surface area contributed by atoms with Gasteiger partial charge in [-0.3, -0.25) is 9.00 Å². The molecule has 0 aromatic heterocycles. The first kappa shape index (κ1) is 20.6. The van der Waals surface area contributed by atoms with Crippen LogP contribution in [-0.2, 0) is 20.3 Å². The molecule has 158 valence electrons. The molecule has 0 unspecified atom stereocenters. The second-order valence-corrected chi connectivity index (χ2v) is 11.0. The highest BCUT2D eigenvalue weighted by molar-refractivity contribution is 7.85. The number of hydrogen-bond donors (Lipinski definition) is 1. The molecule has 4 fully saturated rings. The van der Waals surface area contributed by atoms with E-state index in [2.05, 4.69) is 12.2 Å². The van der Waals surface area contributed by atoms with Crippen molar-refractivity contribution in [1.29, 1.82) is 0 Å². The first-order chi connectivity index (χ1) is 13.9. The minimum Gasteiger partial charge on any atom is -0.452 e. The van der Waals surface area contributed by atoms with Gasteiger partial charge in [-0.15, -0.1) is 0 Å². The minimum atomic E-state index is -1.25. The van der Waals surface area contributed by atoms with Gasteiger partial charge in [0, 0.05) is 11.8 Å². The molecule has 5 rings (SSSR count). The summed E-state index contributed by atoms with van der Waals surface area (Å²) in [6, 6.07) is 6.83. The normalized spacial score (nSPS) is 31.9. The largest absolute Gasteiger partial charge is 0.452 e. The van der Waals surface area contributed by atoms with Gasteiger partial charge in [0.1, 0.15) is 0 Å². The van der Waals surface area contributed by atoms with E-state index in [1.165, 1.54) is 38.5 Å². The highest BCUT2D eigenvalue weighted by atomic mass is 32.2. The Labute approximate surface area is 175 Å². The van der Waals surface area contributed by atoms with Crippen molar-refractivity contribution < 1.29 is 18.5 Å². The van der Waals surface area contributed by atoms with E-state index in [0.717, 1.165) is 17.8 Å². The Hall–Kier alpha value is -1.69. The number of ether oxygens (including phenoxy) is 1. The highest BCUT2D eigenvalue weighted by Gasteiger charge is 2.53. The van der Waals surface area contributed by atoms with E-state index in [1.807, 2.05) is 0 Å². The molecule has 1 amide bonds. The topological polar surface area (TPSA) is 72.5 Å². The summed E-state index contributed by atoms with van der Waals surface area (Å²) >= 11 is 0. The molecule has 1 aromatic carbocycles. The van der Waals surface area contributed by atoms with Crippen molar-refractivity contribution in [2.24, 2.45) is 23.2 Å². The van der Waals surface area contributed by atoms with Crippen LogP contribution in [0.25, 0.3) is 0 Å². The van der Waals surface area contributed by atoms with Gasteiger partial charge >= 0.3 is 5.97 Å². The van der Waals surface area contributed by atoms with Crippen molar-refractivity contribution in [3.8, 4) is 0 Å². The fourth-order valence-electron chi connectivity index (χ4n) is 6.34. The highest BCUT2D eigenvalue weighted by Crippen LogP contribution is 2.61. The van der Waals surface area contributed by atoms with Gasteiger partial charge in [0.15, 0.2) is 6.61 Å². The molecule has 0 heterocycles. The van der Waals surface area contributed by atoms with E-state index in [4.69, 9.17) is 4.74 Å². The molecule has 1 aromatic rings. The molecule has 2 atom stereocenters. The van der Waals surface area contributed by atoms with E-state index in [1.54, 1.807) is 31.2 Å². The second-order valence-electron chi connectivity index (χ2n) is 9.28. The van der Waals surface area contributed by atoms with Crippen molar-refractivity contribution in [3.63, 3.8) is 0 Å². The van der Waals surface area contributed by atoms with E-state index < -0.39 is 16.8 Å². The lowest BCUT2D eigenvalue weighted by Crippen LogP contribution is -2.56. The summed E-state index contributed by atoms with van der Waals surface area (Å²) in [6.45, 7) is 3.62. The first-order valence-electron chi connectivity index (χ1n) is 10.8. The zero-order chi connectivity index (χ0) is 20.6. The zero-order valence-electron chi connectivity index (χ0n) is 17.3. The smallest absolute Gasteiger partial charge is 0.339 e. The number of amides is 1. The van der Waals surface area contributed by atoms with Crippen molar-refractivity contribution in [2.45, 2.75) is 63.3 Å². The predicted molar refractivity (Wildman–Crippen MR) is 112 cm³/mol. The Kier molecular flexibility index (Phi) is 5.83. The maximum Gasteiger partial charge on any atom is 0.339 e. The fraction of sp³-hybridized carbons (Fsp3) is 0.652. The van der Waals surface area contributed by atoms with Gasteiger partial charge in [-0.1, -0.05) is 19.1 Å². The average molecular weight is 418 g/mol. The fourth-order valence-corrected chi connectivity index (χ4v) is 7.28. The van der Waals surface area contributed by atoms with E-state index >= 15 is 0 Å². The van der Waals surface area contributed by atoms with Gasteiger partial charge in [-0.05, 0) is 80.8 Å². The molecule has 1 N–H and O–H groups in total. The number of hydrogen-bond acceptors (Lipinski definition) is 4. The first-order valence-corrected chi connectivity index (χ1v) is 12.2. The molecule has 4 saturated carbocycles. The zero-order valence-corrected chi connectivity index (χ0v) is 18.1. The van der Waals surface area contributed by atoms with Crippen LogP contribution in [0.2, 0.25) is 0 Å². The van der Waals surface area contributed by atoms with E-state index in [9.17, 15) is 13.8 Å². The molecule has 4 aliphatic carbocycles. The minimum absolute atomic E-state index is 0.0991. The monoisotopic (exact) mass is 417 g/mol. The van der Waals surface area contributed by atoms with E-state index in [-0.39, 0.29) is 29.5 Å². The van der Waals surface area contributed by atoms with Gasteiger partial charge in [-0.25, -0.2) is 4.79 Å². The van der Waals surface area contributed by atoms with Crippen LogP contribution in [0.4, 0.5) is 0 Å². The van der Waals surface area contributed by atoms with Crippen LogP contribution in [0.5, 0.6) is 0 Å². The summed E-state index contributed by atoms with van der Waals surface area (Å²) in [5.74, 6) is 2.06. The van der Waals surface area contributed by atoms with Crippen LogP contribution in [0.1, 0.15) is 62.7 Å². The van der Waals surface area contributed by atoms with Gasteiger partial charge < -0.3 is 10.1 Å². The van der Waals surface area contributed by atoms with Crippen molar-refractivity contribution >= 4 is 22.7 Å². The summed E-state index contributed by atoms with van der Waals surface area (Å²) < 4.78 is 17.4. The Morgan fingerprint density at radius 2 is 1.72 bits per heavy atom. The summed E-state index contributed by atoms with van der Waals surface area (Å²) in [6.07, 6.45) is 7.77. The third-order valence-corrected chi connectivity index (χ3v) is 8.70. The van der Waals surface area contributed by atoms with Crippen molar-refractivity contribution in [3.05, 3.63) is 29.8 Å². The lowest BCUT2D eigenvalue weighted by atomic mass is 9.48. The van der Waals surface area contributed by atoms with Crippen LogP contribution in [0, 0.1) is 23.2 Å². The molecule has 4 bridgehead atoms. The molecule has 4 aliphatic rings. The summed E-state index contributed by atoms with van der Waals surface area (Å²) in [4.78, 5) is 25.4. The van der Waals surface area contributed by atoms with Crippen LogP contribution in [0.15, 0.2) is 29.2 Å². The molecular formula is C23H31NO4S. The Morgan fingerprint density at radius 3 is 2.31 bits per heavy atom. The molecule has 0 spiro atoms. The van der Waals surface area contributed by atoms with Crippen LogP contribution in [-0.4, -0.2) is 34.5 Å². The third kappa shape index (κ3) is 4.14. The lowest BCUT2D eigenvalue weighted by Gasteiger charge is -2.59. The van der Waals surface area contributed by atoms with Crippen LogP contribution >= 0.6 is 0 Å². The van der Waals surface area contributed by atoms with Gasteiger partial charge in [0.25, 0.3) is 5.91 Å². The standard InChI is InChI=1S/C23H31NO4S/c1-3-29(27)20-7-5-4-6-19(20)22(26)28-14-21(25)24-15(2)23-11-16-8-17(12-23)10-18(9-16)13-23/h4-7,15-18H,3,8-14H2,1-2H3,(H,24,25)/t15-,16?,17?,18?,23?,29+/m1/s1. The number of nitrogens with one attached hydrogen (secondary N) is 1. The lowest BCUT2D eigenvalue weighted by molar-refractivity contribution is -0.128. The molecule has 0 radical (unpaired) electrons. The summed E-state index contributed by atoms with van der Waals surface area (Å²) in [5.41, 5.74) is 0.494. The molecule has 0 saturated heterocycles. The quantitative estimate of drug-likeness (QED) is 0.687. The Morgan fingerprint density at radius 1 is 1.14 bits per heavy atom. The van der Waals surface area contributed by atoms with Gasteiger partial charge in [0.2, 0.25) is 0 Å². The number of carbonyl (C=O) groups is 2. The Bertz CT molecular complexity index is 786. The van der Waals surface area contributed by atoms with Crippen LogP contribution < -0.4 is 5.32 Å². The van der Waals surface area contributed by atoms with Crippen molar-refractivity contribution in [2.75, 3.05) is 12.4 Å². The number of rotatable bonds is 7. The summed E-state index contributed by atoms with van der Waals surface area (Å²) in [5, 5.41) is 3.12. The third-order valence-electron chi connectivity index (χ3n) is 7.33. The number of esters is 1. The second kappa shape index (κ2) is 8.21. The Balaban J connectivity index is 1.34. The SMILES string of the molecule is CC[S@](=O)c1ccccc1C(=O)OCC(=O)N[C@H](C)C12CC3CC(CC(C3)C1)C2. The van der Waals surface area contributed by atoms with Crippen molar-refractivity contribution in [1.82, 2.24) is 5.32 Å². The molecule has 29 heavy (non-hydrogen) atoms. The molecule has 6 heteroatoms. The maximum absolute atomic E-state index is 12.5. The average Bonchev–Trinajstić information content (AvgIpc) is 2.70. The molecule has 0 aliphatic heterocycles. The molecular weight excluding hydrogens is 386 g/mol. The number of benzene rings is 1. The van der Waals surface area contributed by atoms with Gasteiger partial charge in [-0.2, -0.15) is 0 Å². The van der Waals surface area contributed by atoms with E-state index in [0.29, 0.717) is 10.6 Å². The number of carbonyl (C=O) groups excluding carboxylic acids is 2. The van der Waals surface area contributed by atoms with Gasteiger partial charge in [0.05, 0.1) is 21.3 Å². The maximum atomic E-state index is 12.5. The molecule has 5 nitrogen and oxygen atoms in total. The van der Waals surface area contributed by atoms with Crippen LogP contribution in [0.3, 0.4) is 0 Å². The summed E-state index contributed by atoms with van der Waals surface area (Å²) in [7, 11) is -1.25. The predicted octanol–water partition coefficient (Wildman–Crippen LogP) is 3.69.